The number of allylic oxidation sites excluding steroid dienone is 4. The van der Waals surface area contributed by atoms with Gasteiger partial charge in [0.2, 0.25) is 11.6 Å². The van der Waals surface area contributed by atoms with E-state index in [0.29, 0.717) is 11.1 Å². The van der Waals surface area contributed by atoms with Gasteiger partial charge in [-0.1, -0.05) is 52.0 Å². The number of rotatable bonds is 7. The molecule has 4 aromatic rings. The van der Waals surface area contributed by atoms with E-state index >= 15 is 0 Å². The summed E-state index contributed by atoms with van der Waals surface area (Å²) >= 11 is 0. The second kappa shape index (κ2) is 14.8. The molecule has 0 unspecified atom stereocenters. The molecule has 0 atom stereocenters. The zero-order valence-electron chi connectivity index (χ0n) is 32.0. The van der Waals surface area contributed by atoms with E-state index in [1.54, 1.807) is 53.7 Å². The number of nitrogens with one attached hydrogen (secondary N) is 2. The van der Waals surface area contributed by atoms with Crippen molar-refractivity contribution in [1.29, 1.82) is 0 Å². The van der Waals surface area contributed by atoms with Crippen LogP contribution < -0.4 is 10.6 Å². The minimum atomic E-state index is -4.66. The Kier molecular flexibility index (Phi) is 10.5. The molecule has 2 aliphatic rings. The minimum Gasteiger partial charge on any atom is -0.507 e. The van der Waals surface area contributed by atoms with Crippen molar-refractivity contribution in [2.45, 2.75) is 53.9 Å². The average Bonchev–Trinajstić information content (AvgIpc) is 3.13. The molecule has 0 saturated carbocycles. The number of Topliss-reactive ketones (excluding diaryl/α,β-unsaturated/α-hetero) is 2. The maximum Gasteiger partial charge on any atom is 0.416 e. The van der Waals surface area contributed by atoms with Gasteiger partial charge in [0.15, 0.2) is 11.5 Å². The number of aryl methyl sites for hydroxylation is 2. The first kappa shape index (κ1) is 41.2. The van der Waals surface area contributed by atoms with Crippen LogP contribution in [0.5, 0.6) is 11.5 Å². The summed E-state index contributed by atoms with van der Waals surface area (Å²) in [6.45, 7) is 10.1. The van der Waals surface area contributed by atoms with Crippen LogP contribution in [0.15, 0.2) is 84.6 Å². The molecular formula is C44H38F6N2O6. The number of aliphatic hydroxyl groups is 2. The van der Waals surface area contributed by atoms with Crippen LogP contribution in [0.25, 0.3) is 33.4 Å². The summed E-state index contributed by atoms with van der Waals surface area (Å²) in [6.07, 6.45) is -7.18. The number of fused-ring (bicyclic) bond motifs is 2. The average molecular weight is 805 g/mol. The summed E-state index contributed by atoms with van der Waals surface area (Å²) in [4.78, 5) is 27.7. The molecule has 6 N–H and O–H groups in total. The molecule has 58 heavy (non-hydrogen) atoms. The van der Waals surface area contributed by atoms with Crippen LogP contribution in [-0.2, 0) is 21.9 Å². The van der Waals surface area contributed by atoms with E-state index in [4.69, 9.17) is 0 Å². The summed E-state index contributed by atoms with van der Waals surface area (Å²) in [6, 6.07) is 11.5. The Morgan fingerprint density at radius 1 is 0.552 bits per heavy atom. The fourth-order valence-electron chi connectivity index (χ4n) is 7.51. The molecular weight excluding hydrogens is 766 g/mol. The minimum absolute atomic E-state index is 0.00123. The van der Waals surface area contributed by atoms with E-state index < -0.39 is 69.9 Å². The van der Waals surface area contributed by atoms with Gasteiger partial charge in [0, 0.05) is 57.2 Å². The standard InChI is InChI=1S/C44H38F6N2O6/c1-19(2)31-27-13-21(5)33(39(55)35(27)29(37(53)41(31)57)17-51-25-11-7-9-23(15-25)43(45,46)47)34-22(6)14-28-32(20(3)4)42(58)38(54)30(36(28)40(34)56)18-52-26-12-8-10-24(16-26)44(48,49)50/h7-20,51-52,55-58H,1-6H3/b29-17-,30-18+. The van der Waals surface area contributed by atoms with Crippen LogP contribution in [0, 0.1) is 25.7 Å². The van der Waals surface area contributed by atoms with Crippen molar-refractivity contribution in [3.63, 3.8) is 0 Å². The number of hydrogen-bond acceptors (Lipinski definition) is 8. The quantitative estimate of drug-likeness (QED) is 0.0802. The van der Waals surface area contributed by atoms with E-state index in [9.17, 15) is 56.4 Å². The van der Waals surface area contributed by atoms with Gasteiger partial charge in [-0.05, 0) is 84.3 Å². The Balaban J connectivity index is 1.60. The monoisotopic (exact) mass is 804 g/mol. The van der Waals surface area contributed by atoms with Crippen LogP contribution >= 0.6 is 0 Å². The van der Waals surface area contributed by atoms with Crippen molar-refractivity contribution in [2.75, 3.05) is 10.6 Å². The predicted octanol–water partition coefficient (Wildman–Crippen LogP) is 11.3. The van der Waals surface area contributed by atoms with Gasteiger partial charge in [-0.25, -0.2) is 0 Å². The first-order chi connectivity index (χ1) is 27.0. The van der Waals surface area contributed by atoms with Gasteiger partial charge in [-0.15, -0.1) is 0 Å². The second-order valence-electron chi connectivity index (χ2n) is 14.7. The number of halogens is 6. The number of aromatic hydroxyl groups is 2. The van der Waals surface area contributed by atoms with Crippen LogP contribution in [0.1, 0.15) is 72.2 Å². The molecule has 2 aliphatic carbocycles. The van der Waals surface area contributed by atoms with Crippen molar-refractivity contribution in [3.05, 3.63) is 129 Å². The number of hydrogen-bond donors (Lipinski definition) is 6. The summed E-state index contributed by atoms with van der Waals surface area (Å²) in [5, 5.41) is 52.2. The Morgan fingerprint density at radius 2 is 0.897 bits per heavy atom. The van der Waals surface area contributed by atoms with E-state index in [0.717, 1.165) is 48.8 Å². The third-order valence-electron chi connectivity index (χ3n) is 10.1. The van der Waals surface area contributed by atoms with Crippen molar-refractivity contribution in [3.8, 4) is 22.6 Å². The molecule has 0 radical (unpaired) electrons. The Hall–Kier alpha value is -6.44. The normalized spacial score (nSPS) is 16.2. The molecule has 0 saturated heterocycles. The highest BCUT2D eigenvalue weighted by atomic mass is 19.4. The maximum atomic E-state index is 13.8. The number of phenols is 2. The maximum absolute atomic E-state index is 13.8. The van der Waals surface area contributed by atoms with E-state index in [1.807, 2.05) is 0 Å². The predicted molar refractivity (Wildman–Crippen MR) is 210 cm³/mol. The van der Waals surface area contributed by atoms with E-state index in [2.05, 4.69) is 10.6 Å². The van der Waals surface area contributed by atoms with Gasteiger partial charge >= 0.3 is 12.4 Å². The Labute approximate surface area is 329 Å². The lowest BCUT2D eigenvalue weighted by Crippen LogP contribution is -2.20. The smallest absolute Gasteiger partial charge is 0.416 e. The number of carbonyl (C=O) groups is 2. The molecule has 6 rings (SSSR count). The molecule has 0 aromatic heterocycles. The van der Waals surface area contributed by atoms with Crippen molar-refractivity contribution >= 4 is 45.2 Å². The number of ketones is 2. The first-order valence-electron chi connectivity index (χ1n) is 18.0. The van der Waals surface area contributed by atoms with E-state index in [-0.39, 0.29) is 67.0 Å². The highest BCUT2D eigenvalue weighted by Crippen LogP contribution is 2.54. The lowest BCUT2D eigenvalue weighted by Gasteiger charge is -2.29. The SMILES string of the molecule is Cc1cc2c(c(O)c1-c1c(C)cc3c(c1O)/C(=C\Nc1cccc(C(F)(F)F)c1)C(=O)C(O)=C3C(C)C)/C(=C/Nc1cccc(C(F)(F)F)c1)C(=O)C(O)=C2C(C)C. The number of phenolic OH excluding ortho intramolecular Hbond substituents is 2. The highest BCUT2D eigenvalue weighted by Gasteiger charge is 2.39. The Bertz CT molecular complexity index is 2370. The third kappa shape index (κ3) is 7.18. The van der Waals surface area contributed by atoms with Crippen LogP contribution in [0.2, 0.25) is 0 Å². The molecule has 0 bridgehead atoms. The zero-order valence-corrected chi connectivity index (χ0v) is 32.0. The van der Waals surface area contributed by atoms with Crippen LogP contribution in [-0.4, -0.2) is 32.0 Å². The number of anilines is 2. The van der Waals surface area contributed by atoms with Gasteiger partial charge in [-0.2, -0.15) is 26.3 Å². The van der Waals surface area contributed by atoms with E-state index in [1.165, 1.54) is 12.1 Å². The second-order valence-corrected chi connectivity index (χ2v) is 14.7. The fraction of sp³-hybridized carbons (Fsp3) is 0.227. The molecule has 0 aliphatic heterocycles. The number of benzene rings is 4. The largest absolute Gasteiger partial charge is 0.507 e. The van der Waals surface area contributed by atoms with Crippen molar-refractivity contribution < 1.29 is 56.4 Å². The first-order valence-corrected chi connectivity index (χ1v) is 18.0. The zero-order chi connectivity index (χ0) is 42.8. The number of carbonyl (C=O) groups excluding carboxylic acids is 2. The summed E-state index contributed by atoms with van der Waals surface area (Å²) < 4.78 is 80.9. The molecule has 302 valence electrons. The van der Waals surface area contributed by atoms with Crippen LogP contribution in [0.3, 0.4) is 0 Å². The van der Waals surface area contributed by atoms with Gasteiger partial charge in [0.05, 0.1) is 22.3 Å². The topological polar surface area (TPSA) is 139 Å². The third-order valence-corrected chi connectivity index (χ3v) is 10.1. The lowest BCUT2D eigenvalue weighted by atomic mass is 9.75. The molecule has 8 nitrogen and oxygen atoms in total. The fourth-order valence-corrected chi connectivity index (χ4v) is 7.51. The molecule has 0 fully saturated rings. The Morgan fingerprint density at radius 3 is 1.21 bits per heavy atom. The van der Waals surface area contributed by atoms with Gasteiger partial charge in [0.1, 0.15) is 11.5 Å². The molecule has 0 spiro atoms. The summed E-state index contributed by atoms with van der Waals surface area (Å²) in [5.41, 5.74) is -1.28. The van der Waals surface area contributed by atoms with Gasteiger partial charge in [0.25, 0.3) is 0 Å². The van der Waals surface area contributed by atoms with Crippen LogP contribution in [0.4, 0.5) is 37.7 Å². The van der Waals surface area contributed by atoms with Crippen molar-refractivity contribution in [1.82, 2.24) is 0 Å². The van der Waals surface area contributed by atoms with Crippen molar-refractivity contribution in [2.24, 2.45) is 11.8 Å². The molecule has 4 aromatic carbocycles. The van der Waals surface area contributed by atoms with Gasteiger partial charge in [-0.3, -0.25) is 9.59 Å². The molecule has 14 heteroatoms. The lowest BCUT2D eigenvalue weighted by molar-refractivity contribution is -0.138. The molecule has 0 heterocycles. The summed E-state index contributed by atoms with van der Waals surface area (Å²) in [7, 11) is 0. The molecule has 0 amide bonds. The highest BCUT2D eigenvalue weighted by molar-refractivity contribution is 6.35. The van der Waals surface area contributed by atoms with Gasteiger partial charge < -0.3 is 31.1 Å². The summed E-state index contributed by atoms with van der Waals surface area (Å²) in [5.74, 6) is -5.14. The number of alkyl halides is 6. The number of aliphatic hydroxyl groups excluding tert-OH is 2.